The highest BCUT2D eigenvalue weighted by atomic mass is 32.2. The van der Waals surface area contributed by atoms with Gasteiger partial charge in [0.15, 0.2) is 6.23 Å². The normalized spacial score (nSPS) is 32.0. The maximum atomic E-state index is 5.97. The van der Waals surface area contributed by atoms with E-state index in [1.54, 1.807) is 0 Å². The van der Waals surface area contributed by atoms with Crippen LogP contribution in [-0.2, 0) is 20.4 Å². The monoisotopic (exact) mass is 236 g/mol. The van der Waals surface area contributed by atoms with Crippen LogP contribution in [0.5, 0.6) is 0 Å². The zero-order valence-electron chi connectivity index (χ0n) is 10.1. The Hall–Kier alpha value is -0.670. The molecule has 0 bridgehead atoms. The molecule has 2 unspecified atom stereocenters. The summed E-state index contributed by atoms with van der Waals surface area (Å²) in [5, 5.41) is 0. The van der Waals surface area contributed by atoms with Crippen LogP contribution in [0.15, 0.2) is 24.3 Å². The number of hydrogen-bond donors (Lipinski definition) is 0. The first-order chi connectivity index (χ1) is 7.68. The number of hydrogen-bond acceptors (Lipinski definition) is 2. The Morgan fingerprint density at radius 1 is 1.38 bits per heavy atom. The van der Waals surface area contributed by atoms with E-state index in [0.717, 1.165) is 13.0 Å². The van der Waals surface area contributed by atoms with Gasteiger partial charge in [-0.2, -0.15) is 0 Å². The molecule has 0 spiro atoms. The first-order valence-corrected chi connectivity index (χ1v) is 7.73. The molecule has 2 heterocycles. The van der Waals surface area contributed by atoms with Crippen molar-refractivity contribution in [2.24, 2.45) is 0 Å². The third kappa shape index (κ3) is 1.08. The minimum atomic E-state index is 0.241. The molecule has 1 aromatic carbocycles. The smallest absolute Gasteiger partial charge is 0.201 e. The second-order valence-corrected chi connectivity index (χ2v) is 7.17. The lowest BCUT2D eigenvalue weighted by atomic mass is 9.97. The first kappa shape index (κ1) is 10.5. The number of nitrogens with zero attached hydrogens (tertiary/aromatic N) is 1. The summed E-state index contributed by atoms with van der Waals surface area (Å²) in [6.07, 6.45) is 6.10. The van der Waals surface area contributed by atoms with Crippen LogP contribution in [0.25, 0.3) is 0 Å². The SMILES string of the molecule is CN1c2ccccc2C2([S+](C)C)CCOC12. The standard InChI is InChI=1S/C13H18NOS/c1-14-11-7-5-4-6-10(11)13(16(2)3)8-9-15-12(13)14/h4-7,12H,8-9H2,1-3H3/q+1. The van der Waals surface area contributed by atoms with E-state index in [4.69, 9.17) is 4.74 Å². The van der Waals surface area contributed by atoms with Crippen LogP contribution >= 0.6 is 0 Å². The summed E-state index contributed by atoms with van der Waals surface area (Å²) < 4.78 is 6.21. The number of benzene rings is 1. The summed E-state index contributed by atoms with van der Waals surface area (Å²) in [7, 11) is 2.49. The second-order valence-electron chi connectivity index (χ2n) is 4.81. The fourth-order valence-corrected chi connectivity index (χ4v) is 4.90. The number of rotatable bonds is 1. The zero-order valence-corrected chi connectivity index (χ0v) is 10.9. The van der Waals surface area contributed by atoms with Gasteiger partial charge in [0.2, 0.25) is 4.75 Å². The van der Waals surface area contributed by atoms with E-state index < -0.39 is 0 Å². The van der Waals surface area contributed by atoms with Crippen LogP contribution in [0.4, 0.5) is 5.69 Å². The maximum absolute atomic E-state index is 5.97. The number of anilines is 1. The third-order valence-electron chi connectivity index (χ3n) is 3.97. The van der Waals surface area contributed by atoms with E-state index in [1.807, 2.05) is 0 Å². The van der Waals surface area contributed by atoms with Crippen molar-refractivity contribution in [2.45, 2.75) is 17.4 Å². The molecule has 3 rings (SSSR count). The van der Waals surface area contributed by atoms with Gasteiger partial charge >= 0.3 is 0 Å². The minimum absolute atomic E-state index is 0.241. The molecule has 1 aromatic rings. The van der Waals surface area contributed by atoms with Gasteiger partial charge in [0.25, 0.3) is 0 Å². The van der Waals surface area contributed by atoms with Gasteiger partial charge in [0.05, 0.1) is 19.1 Å². The molecule has 2 nitrogen and oxygen atoms in total. The minimum Gasteiger partial charge on any atom is -0.352 e. The largest absolute Gasteiger partial charge is 0.352 e. The lowest BCUT2D eigenvalue weighted by Crippen LogP contribution is -2.44. The summed E-state index contributed by atoms with van der Waals surface area (Å²) in [4.78, 5) is 2.31. The zero-order chi connectivity index (χ0) is 11.3. The molecule has 2 aliphatic heterocycles. The van der Waals surface area contributed by atoms with Crippen molar-refractivity contribution in [2.75, 3.05) is 31.1 Å². The Labute approximate surface area is 99.9 Å². The van der Waals surface area contributed by atoms with Crippen LogP contribution < -0.4 is 4.90 Å². The fraction of sp³-hybridized carbons (Fsp3) is 0.538. The predicted molar refractivity (Wildman–Crippen MR) is 70.1 cm³/mol. The molecule has 0 amide bonds. The van der Waals surface area contributed by atoms with Crippen molar-refractivity contribution in [3.8, 4) is 0 Å². The number of fused-ring (bicyclic) bond motifs is 3. The highest BCUT2D eigenvalue weighted by Crippen LogP contribution is 2.53. The lowest BCUT2D eigenvalue weighted by molar-refractivity contribution is 0.105. The molecule has 0 radical (unpaired) electrons. The van der Waals surface area contributed by atoms with Crippen molar-refractivity contribution in [3.05, 3.63) is 29.8 Å². The van der Waals surface area contributed by atoms with Crippen molar-refractivity contribution in [1.82, 2.24) is 0 Å². The number of para-hydroxylation sites is 1. The van der Waals surface area contributed by atoms with Gasteiger partial charge in [-0.15, -0.1) is 0 Å². The lowest BCUT2D eigenvalue weighted by Gasteiger charge is -2.27. The molecule has 1 saturated heterocycles. The second kappa shape index (κ2) is 3.41. The molecular weight excluding hydrogens is 218 g/mol. The molecule has 1 fully saturated rings. The van der Waals surface area contributed by atoms with Gasteiger partial charge < -0.3 is 9.64 Å². The van der Waals surface area contributed by atoms with E-state index in [2.05, 4.69) is 48.7 Å². The van der Waals surface area contributed by atoms with Crippen LogP contribution in [0.1, 0.15) is 12.0 Å². The number of ether oxygens (including phenoxy) is 1. The molecule has 0 saturated carbocycles. The highest BCUT2D eigenvalue weighted by Gasteiger charge is 2.62. The Morgan fingerprint density at radius 2 is 2.12 bits per heavy atom. The molecule has 0 aromatic heterocycles. The molecule has 0 aliphatic carbocycles. The van der Waals surface area contributed by atoms with Crippen molar-refractivity contribution in [3.63, 3.8) is 0 Å². The fourth-order valence-electron chi connectivity index (χ4n) is 3.16. The van der Waals surface area contributed by atoms with Gasteiger partial charge in [-0.1, -0.05) is 18.2 Å². The van der Waals surface area contributed by atoms with Gasteiger partial charge in [0, 0.05) is 24.7 Å². The Morgan fingerprint density at radius 3 is 2.88 bits per heavy atom. The average Bonchev–Trinajstić information content (AvgIpc) is 2.81. The molecule has 2 aliphatic rings. The van der Waals surface area contributed by atoms with E-state index in [9.17, 15) is 0 Å². The van der Waals surface area contributed by atoms with Gasteiger partial charge in [0.1, 0.15) is 0 Å². The van der Waals surface area contributed by atoms with Gasteiger partial charge in [-0.3, -0.25) is 0 Å². The summed E-state index contributed by atoms with van der Waals surface area (Å²) in [5.41, 5.74) is 2.85. The average molecular weight is 236 g/mol. The first-order valence-electron chi connectivity index (χ1n) is 5.69. The van der Waals surface area contributed by atoms with Crippen LogP contribution in [0, 0.1) is 0 Å². The highest BCUT2D eigenvalue weighted by molar-refractivity contribution is 7.96. The van der Waals surface area contributed by atoms with Crippen molar-refractivity contribution < 1.29 is 4.74 Å². The summed E-state index contributed by atoms with van der Waals surface area (Å²) >= 11 is 0. The molecule has 16 heavy (non-hydrogen) atoms. The Balaban J connectivity index is 2.22. The van der Waals surface area contributed by atoms with E-state index >= 15 is 0 Å². The Kier molecular flexibility index (Phi) is 2.23. The quantitative estimate of drug-likeness (QED) is 0.691. The van der Waals surface area contributed by atoms with E-state index in [-0.39, 0.29) is 11.0 Å². The molecule has 2 atom stereocenters. The van der Waals surface area contributed by atoms with Gasteiger partial charge in [-0.25, -0.2) is 0 Å². The van der Waals surface area contributed by atoms with Crippen molar-refractivity contribution >= 4 is 16.6 Å². The van der Waals surface area contributed by atoms with E-state index in [0.29, 0.717) is 10.9 Å². The number of likely N-dealkylation sites (N-methyl/N-ethyl adjacent to an activating group) is 1. The van der Waals surface area contributed by atoms with Gasteiger partial charge in [-0.05, 0) is 17.0 Å². The Bertz CT molecular complexity index is 420. The molecule has 0 N–H and O–H groups in total. The topological polar surface area (TPSA) is 12.5 Å². The summed E-state index contributed by atoms with van der Waals surface area (Å²) in [6, 6.07) is 8.77. The summed E-state index contributed by atoms with van der Waals surface area (Å²) in [5.74, 6) is 0. The van der Waals surface area contributed by atoms with Crippen LogP contribution in [0.3, 0.4) is 0 Å². The molecular formula is C13H18NOS+. The van der Waals surface area contributed by atoms with E-state index in [1.165, 1.54) is 11.3 Å². The van der Waals surface area contributed by atoms with Crippen molar-refractivity contribution in [1.29, 1.82) is 0 Å². The predicted octanol–water partition coefficient (Wildman–Crippen LogP) is 1.96. The van der Waals surface area contributed by atoms with Crippen LogP contribution in [0.2, 0.25) is 0 Å². The maximum Gasteiger partial charge on any atom is 0.201 e. The summed E-state index contributed by atoms with van der Waals surface area (Å²) in [6.45, 7) is 0.897. The molecule has 3 heteroatoms. The van der Waals surface area contributed by atoms with Crippen LogP contribution in [-0.4, -0.2) is 32.4 Å². The third-order valence-corrected chi connectivity index (χ3v) is 6.05. The molecule has 86 valence electrons.